The Balaban J connectivity index is 1.79. The van der Waals surface area contributed by atoms with Crippen molar-refractivity contribution < 1.29 is 14.6 Å². The van der Waals surface area contributed by atoms with E-state index in [9.17, 15) is 9.90 Å². The number of hydrogen-bond donors (Lipinski definition) is 1. The summed E-state index contributed by atoms with van der Waals surface area (Å²) >= 11 is 0. The Bertz CT molecular complexity index is 681. The molecule has 0 saturated carbocycles. The van der Waals surface area contributed by atoms with Gasteiger partial charge in [-0.15, -0.1) is 0 Å². The number of hydrogen-bond acceptors (Lipinski definition) is 4. The molecule has 2 atom stereocenters. The van der Waals surface area contributed by atoms with Gasteiger partial charge in [0.05, 0.1) is 24.4 Å². The molecular weight excluding hydrogens is 294 g/mol. The fourth-order valence-electron chi connectivity index (χ4n) is 3.02. The summed E-state index contributed by atoms with van der Waals surface area (Å²) in [4.78, 5) is 14.4. The van der Waals surface area contributed by atoms with Gasteiger partial charge >= 0.3 is 0 Å². The Labute approximate surface area is 135 Å². The molecule has 1 N–H and O–H groups in total. The van der Waals surface area contributed by atoms with Crippen LogP contribution in [0.15, 0.2) is 36.5 Å². The van der Waals surface area contributed by atoms with Gasteiger partial charge < -0.3 is 14.7 Å². The summed E-state index contributed by atoms with van der Waals surface area (Å²) in [5.74, 6) is -0.0765. The van der Waals surface area contributed by atoms with E-state index in [-0.39, 0.29) is 24.7 Å². The molecule has 1 saturated heterocycles. The number of carbonyl (C=O) groups excluding carboxylic acids is 1. The third-order valence-electron chi connectivity index (χ3n) is 4.37. The van der Waals surface area contributed by atoms with Gasteiger partial charge in [0.15, 0.2) is 0 Å². The van der Waals surface area contributed by atoms with Gasteiger partial charge in [-0.2, -0.15) is 5.10 Å². The third kappa shape index (κ3) is 3.00. The van der Waals surface area contributed by atoms with Crippen molar-refractivity contribution in [1.29, 1.82) is 0 Å². The molecule has 1 aromatic carbocycles. The predicted octanol–water partition coefficient (Wildman–Crippen LogP) is 1.40. The maximum Gasteiger partial charge on any atom is 0.254 e. The van der Waals surface area contributed by atoms with Crippen LogP contribution >= 0.6 is 0 Å². The van der Waals surface area contributed by atoms with Crippen LogP contribution in [-0.2, 0) is 4.74 Å². The summed E-state index contributed by atoms with van der Waals surface area (Å²) in [6.45, 7) is 2.45. The first-order valence-corrected chi connectivity index (χ1v) is 7.69. The normalized spacial score (nSPS) is 20.9. The maximum absolute atomic E-state index is 12.7. The zero-order chi connectivity index (χ0) is 16.4. The number of methoxy groups -OCH3 is 1. The fourth-order valence-corrected chi connectivity index (χ4v) is 3.02. The highest BCUT2D eigenvalue weighted by molar-refractivity contribution is 5.94. The Kier molecular flexibility index (Phi) is 4.45. The average Bonchev–Trinajstić information content (AvgIpc) is 3.20. The van der Waals surface area contributed by atoms with E-state index in [1.165, 1.54) is 0 Å². The van der Waals surface area contributed by atoms with Gasteiger partial charge in [-0.25, -0.2) is 4.68 Å². The van der Waals surface area contributed by atoms with Crippen LogP contribution in [-0.4, -0.2) is 58.1 Å². The number of aryl methyl sites for hydroxylation is 1. The monoisotopic (exact) mass is 315 g/mol. The number of likely N-dealkylation sites (tertiary alicyclic amines) is 1. The second kappa shape index (κ2) is 6.52. The van der Waals surface area contributed by atoms with Gasteiger partial charge in [0.1, 0.15) is 0 Å². The number of amides is 1. The van der Waals surface area contributed by atoms with E-state index in [0.717, 1.165) is 11.4 Å². The molecule has 0 aliphatic carbocycles. The van der Waals surface area contributed by atoms with Gasteiger partial charge in [-0.3, -0.25) is 4.79 Å². The molecule has 2 aromatic rings. The summed E-state index contributed by atoms with van der Waals surface area (Å²) in [6, 6.07) is 9.11. The van der Waals surface area contributed by atoms with Crippen molar-refractivity contribution in [2.45, 2.75) is 25.5 Å². The lowest BCUT2D eigenvalue weighted by atomic mass is 10.1. The van der Waals surface area contributed by atoms with Crippen LogP contribution in [0, 0.1) is 6.92 Å². The molecule has 6 nitrogen and oxygen atoms in total. The van der Waals surface area contributed by atoms with Gasteiger partial charge in [0.25, 0.3) is 5.91 Å². The Morgan fingerprint density at radius 3 is 2.65 bits per heavy atom. The highest BCUT2D eigenvalue weighted by atomic mass is 16.5. The zero-order valence-corrected chi connectivity index (χ0v) is 13.3. The zero-order valence-electron chi connectivity index (χ0n) is 13.3. The van der Waals surface area contributed by atoms with E-state index in [0.29, 0.717) is 18.5 Å². The number of ether oxygens (including phenoxy) is 1. The van der Waals surface area contributed by atoms with Crippen molar-refractivity contribution in [2.24, 2.45) is 0 Å². The van der Waals surface area contributed by atoms with Crippen LogP contribution < -0.4 is 0 Å². The van der Waals surface area contributed by atoms with E-state index in [4.69, 9.17) is 4.74 Å². The van der Waals surface area contributed by atoms with Crippen molar-refractivity contribution >= 4 is 5.91 Å². The quantitative estimate of drug-likeness (QED) is 0.926. The molecule has 1 aliphatic heterocycles. The van der Waals surface area contributed by atoms with E-state index in [1.54, 1.807) is 30.3 Å². The summed E-state index contributed by atoms with van der Waals surface area (Å²) in [5.41, 5.74) is 2.56. The van der Waals surface area contributed by atoms with E-state index < -0.39 is 0 Å². The molecule has 6 heteroatoms. The lowest BCUT2D eigenvalue weighted by molar-refractivity contribution is 0.0648. The highest BCUT2D eigenvalue weighted by Gasteiger charge is 2.35. The molecule has 0 unspecified atom stereocenters. The molecule has 1 aliphatic rings. The summed E-state index contributed by atoms with van der Waals surface area (Å²) in [7, 11) is 1.63. The molecule has 1 fully saturated rings. The summed E-state index contributed by atoms with van der Waals surface area (Å²) < 4.78 is 7.15. The minimum absolute atomic E-state index is 0.0119. The van der Waals surface area contributed by atoms with Crippen LogP contribution in [0.1, 0.15) is 22.5 Å². The number of nitrogens with zero attached hydrogens (tertiary/aromatic N) is 3. The SMILES string of the molecule is CO[C@H]1C[C@@H](CO)N(C(=O)c2ccc(-n3nccc3C)cc2)C1. The Morgan fingerprint density at radius 2 is 2.09 bits per heavy atom. The number of aromatic nitrogens is 2. The fraction of sp³-hybridized carbons (Fsp3) is 0.412. The lowest BCUT2D eigenvalue weighted by Crippen LogP contribution is -2.38. The number of benzene rings is 1. The molecule has 0 spiro atoms. The molecule has 0 radical (unpaired) electrons. The van der Waals surface area contributed by atoms with Crippen molar-refractivity contribution in [3.05, 3.63) is 47.8 Å². The highest BCUT2D eigenvalue weighted by Crippen LogP contribution is 2.22. The van der Waals surface area contributed by atoms with Crippen LogP contribution in [0.2, 0.25) is 0 Å². The molecule has 2 heterocycles. The maximum atomic E-state index is 12.7. The van der Waals surface area contributed by atoms with Crippen LogP contribution in [0.25, 0.3) is 5.69 Å². The Morgan fingerprint density at radius 1 is 1.35 bits per heavy atom. The van der Waals surface area contributed by atoms with E-state index >= 15 is 0 Å². The van der Waals surface area contributed by atoms with Crippen LogP contribution in [0.3, 0.4) is 0 Å². The van der Waals surface area contributed by atoms with Crippen LogP contribution in [0.5, 0.6) is 0 Å². The minimum atomic E-state index is -0.180. The number of aliphatic hydroxyl groups is 1. The number of rotatable bonds is 4. The topological polar surface area (TPSA) is 67.6 Å². The molecule has 1 aromatic heterocycles. The third-order valence-corrected chi connectivity index (χ3v) is 4.37. The van der Waals surface area contributed by atoms with Gasteiger partial charge in [-0.05, 0) is 43.7 Å². The number of aliphatic hydroxyl groups excluding tert-OH is 1. The first-order valence-electron chi connectivity index (χ1n) is 7.69. The standard InChI is InChI=1S/C17H21N3O3/c1-12-7-8-18-20(12)14-5-3-13(4-6-14)17(22)19-10-16(23-2)9-15(19)11-21/h3-8,15-16,21H,9-11H2,1-2H3/t15-,16-/m0/s1. The molecule has 1 amide bonds. The largest absolute Gasteiger partial charge is 0.394 e. The lowest BCUT2D eigenvalue weighted by Gasteiger charge is -2.22. The average molecular weight is 315 g/mol. The molecule has 0 bridgehead atoms. The predicted molar refractivity (Wildman–Crippen MR) is 85.6 cm³/mol. The van der Waals surface area contributed by atoms with Gasteiger partial charge in [-0.1, -0.05) is 0 Å². The van der Waals surface area contributed by atoms with E-state index in [1.807, 2.05) is 29.8 Å². The first-order chi connectivity index (χ1) is 11.1. The number of carbonyl (C=O) groups is 1. The van der Waals surface area contributed by atoms with Crippen LogP contribution in [0.4, 0.5) is 0 Å². The minimum Gasteiger partial charge on any atom is -0.394 e. The second-order valence-corrected chi connectivity index (χ2v) is 5.82. The summed E-state index contributed by atoms with van der Waals surface area (Å²) in [5, 5.41) is 13.7. The van der Waals surface area contributed by atoms with Gasteiger partial charge in [0, 0.05) is 31.1 Å². The smallest absolute Gasteiger partial charge is 0.254 e. The molecular formula is C17H21N3O3. The molecule has 3 rings (SSSR count). The van der Waals surface area contributed by atoms with Gasteiger partial charge in [0.2, 0.25) is 0 Å². The molecule has 23 heavy (non-hydrogen) atoms. The first kappa shape index (κ1) is 15.7. The Hall–Kier alpha value is -2.18. The van der Waals surface area contributed by atoms with E-state index in [2.05, 4.69) is 5.10 Å². The van der Waals surface area contributed by atoms with Crippen molar-refractivity contribution in [3.8, 4) is 5.69 Å². The molecule has 122 valence electrons. The van der Waals surface area contributed by atoms with Crippen molar-refractivity contribution in [1.82, 2.24) is 14.7 Å². The van der Waals surface area contributed by atoms with Crippen molar-refractivity contribution in [2.75, 3.05) is 20.3 Å². The second-order valence-electron chi connectivity index (χ2n) is 5.82. The summed E-state index contributed by atoms with van der Waals surface area (Å²) in [6.07, 6.45) is 2.40. The van der Waals surface area contributed by atoms with Crippen molar-refractivity contribution in [3.63, 3.8) is 0 Å².